The highest BCUT2D eigenvalue weighted by Crippen LogP contribution is 2.24. The van der Waals surface area contributed by atoms with Crippen molar-refractivity contribution in [1.82, 2.24) is 5.32 Å². The number of hydrogen-bond donors (Lipinski definition) is 1. The molecule has 0 aliphatic heterocycles. The van der Waals surface area contributed by atoms with Gasteiger partial charge in [-0.25, -0.2) is 0 Å². The Kier molecular flexibility index (Phi) is 6.93. The van der Waals surface area contributed by atoms with Gasteiger partial charge in [-0.15, -0.1) is 0 Å². The van der Waals surface area contributed by atoms with Crippen LogP contribution in [0.15, 0.2) is 43.0 Å². The first-order valence-corrected chi connectivity index (χ1v) is 9.16. The van der Waals surface area contributed by atoms with E-state index in [1.54, 1.807) is 0 Å². The molecule has 2 aromatic carbocycles. The van der Waals surface area contributed by atoms with Crippen LogP contribution in [0.3, 0.4) is 0 Å². The van der Waals surface area contributed by atoms with Crippen LogP contribution in [0, 0.1) is 13.8 Å². The number of nitrogens with one attached hydrogen (secondary N) is 1. The third kappa shape index (κ3) is 5.14. The topological polar surface area (TPSA) is 12.0 Å². The number of unbranched alkanes of at least 4 members (excludes halogenated alkanes) is 2. The summed E-state index contributed by atoms with van der Waals surface area (Å²) < 4.78 is 0. The van der Waals surface area contributed by atoms with E-state index < -0.39 is 0 Å². The highest BCUT2D eigenvalue weighted by Gasteiger charge is 2.09. The second-order valence-corrected chi connectivity index (χ2v) is 6.96. The molecule has 2 aromatic rings. The third-order valence-corrected chi connectivity index (χ3v) is 4.63. The Morgan fingerprint density at radius 3 is 2.58 bits per heavy atom. The molecule has 0 aromatic heterocycles. The van der Waals surface area contributed by atoms with Crippen molar-refractivity contribution in [3.63, 3.8) is 0 Å². The summed E-state index contributed by atoms with van der Waals surface area (Å²) in [6.45, 7) is 11.7. The quantitative estimate of drug-likeness (QED) is 0.555. The molecular weight excluding hydrogens is 314 g/mol. The molecule has 0 unspecified atom stereocenters. The largest absolute Gasteiger partial charge is 0.385 e. The molecule has 0 aliphatic carbocycles. The zero-order valence-electron chi connectivity index (χ0n) is 15.1. The normalized spacial score (nSPS) is 10.7. The molecule has 24 heavy (non-hydrogen) atoms. The predicted molar refractivity (Wildman–Crippen MR) is 107 cm³/mol. The Labute approximate surface area is 151 Å². The molecule has 0 saturated carbocycles. The molecule has 1 nitrogen and oxygen atoms in total. The molecule has 0 aliphatic rings. The second kappa shape index (κ2) is 8.94. The van der Waals surface area contributed by atoms with E-state index in [0.29, 0.717) is 0 Å². The van der Waals surface area contributed by atoms with Gasteiger partial charge in [0.1, 0.15) is 0 Å². The highest BCUT2D eigenvalue weighted by molar-refractivity contribution is 6.30. The molecule has 128 valence electrons. The van der Waals surface area contributed by atoms with Gasteiger partial charge < -0.3 is 5.32 Å². The monoisotopic (exact) mass is 341 g/mol. The summed E-state index contributed by atoms with van der Waals surface area (Å²) in [7, 11) is 0. The maximum absolute atomic E-state index is 6.18. The van der Waals surface area contributed by atoms with E-state index in [9.17, 15) is 0 Å². The lowest BCUT2D eigenvalue weighted by Gasteiger charge is -2.16. The average Bonchev–Trinajstić information content (AvgIpc) is 2.55. The molecule has 0 bridgehead atoms. The van der Waals surface area contributed by atoms with E-state index in [-0.39, 0.29) is 0 Å². The Morgan fingerprint density at radius 2 is 1.83 bits per heavy atom. The number of rotatable bonds is 8. The summed E-state index contributed by atoms with van der Waals surface area (Å²) in [5.74, 6) is 0. The molecule has 0 atom stereocenters. The van der Waals surface area contributed by atoms with E-state index in [4.69, 9.17) is 11.6 Å². The lowest BCUT2D eigenvalue weighted by molar-refractivity contribution is 0.689. The maximum atomic E-state index is 6.18. The molecule has 2 rings (SSSR count). The van der Waals surface area contributed by atoms with Crippen molar-refractivity contribution in [2.24, 2.45) is 0 Å². The smallest absolute Gasteiger partial charge is 0.0409 e. The summed E-state index contributed by atoms with van der Waals surface area (Å²) in [4.78, 5) is 0. The van der Waals surface area contributed by atoms with Gasteiger partial charge in [-0.3, -0.25) is 0 Å². The zero-order chi connectivity index (χ0) is 17.5. The molecule has 2 heteroatoms. The molecule has 0 radical (unpaired) electrons. The van der Waals surface area contributed by atoms with Crippen molar-refractivity contribution < 1.29 is 0 Å². The van der Waals surface area contributed by atoms with Crippen molar-refractivity contribution in [2.45, 2.75) is 46.5 Å². The number of aryl methyl sites for hydroxylation is 2. The SMILES string of the molecule is C=C(NCCCCC)c1ccc(C)cc1Cc1cc(Cl)ccc1C. The van der Waals surface area contributed by atoms with E-state index >= 15 is 0 Å². The van der Waals surface area contributed by atoms with Gasteiger partial charge >= 0.3 is 0 Å². The van der Waals surface area contributed by atoms with Crippen LogP contribution >= 0.6 is 11.6 Å². The van der Waals surface area contributed by atoms with E-state index in [2.05, 4.69) is 63.0 Å². The van der Waals surface area contributed by atoms with Crippen LogP contribution in [-0.2, 0) is 6.42 Å². The van der Waals surface area contributed by atoms with Crippen molar-refractivity contribution in [1.29, 1.82) is 0 Å². The zero-order valence-corrected chi connectivity index (χ0v) is 15.8. The fourth-order valence-electron chi connectivity index (χ4n) is 2.91. The predicted octanol–water partition coefficient (Wildman–Crippen LogP) is 6.30. The molecule has 1 N–H and O–H groups in total. The Bertz CT molecular complexity index is 703. The first-order valence-electron chi connectivity index (χ1n) is 8.79. The minimum Gasteiger partial charge on any atom is -0.385 e. The van der Waals surface area contributed by atoms with E-state index in [1.807, 2.05) is 6.07 Å². The average molecular weight is 342 g/mol. The molecule has 0 spiro atoms. The Hall–Kier alpha value is -1.73. The maximum Gasteiger partial charge on any atom is 0.0409 e. The van der Waals surface area contributed by atoms with Gasteiger partial charge in [0.25, 0.3) is 0 Å². The second-order valence-electron chi connectivity index (χ2n) is 6.52. The van der Waals surface area contributed by atoms with E-state index in [1.165, 1.54) is 47.1 Å². The lowest BCUT2D eigenvalue weighted by Crippen LogP contribution is -2.14. The third-order valence-electron chi connectivity index (χ3n) is 4.40. The van der Waals surface area contributed by atoms with Crippen molar-refractivity contribution in [3.8, 4) is 0 Å². The minimum absolute atomic E-state index is 0.793. The molecule has 0 heterocycles. The van der Waals surface area contributed by atoms with E-state index in [0.717, 1.165) is 23.7 Å². The molecule has 0 amide bonds. The van der Waals surface area contributed by atoms with Crippen molar-refractivity contribution in [3.05, 3.63) is 75.8 Å². The molecular formula is C22H28ClN. The standard InChI is InChI=1S/C22H28ClN/c1-5-6-7-12-24-18(4)22-11-8-16(2)13-20(22)14-19-15-21(23)10-9-17(19)3/h8-11,13,15,24H,4-7,12,14H2,1-3H3. The number of benzene rings is 2. The first-order chi connectivity index (χ1) is 11.5. The van der Waals surface area contributed by atoms with Gasteiger partial charge in [0, 0.05) is 22.8 Å². The van der Waals surface area contributed by atoms with Crippen LogP contribution in [-0.4, -0.2) is 6.54 Å². The molecule has 0 fully saturated rings. The fraction of sp³-hybridized carbons (Fsp3) is 0.364. The van der Waals surface area contributed by atoms with Gasteiger partial charge in [-0.1, -0.05) is 67.8 Å². The van der Waals surface area contributed by atoms with Gasteiger partial charge in [0.15, 0.2) is 0 Å². The van der Waals surface area contributed by atoms with Crippen molar-refractivity contribution >= 4 is 17.3 Å². The summed E-state index contributed by atoms with van der Waals surface area (Å²) in [6, 6.07) is 12.7. The highest BCUT2D eigenvalue weighted by atomic mass is 35.5. The summed E-state index contributed by atoms with van der Waals surface area (Å²) in [5.41, 5.74) is 7.33. The van der Waals surface area contributed by atoms with Gasteiger partial charge in [-0.05, 0) is 55.5 Å². The van der Waals surface area contributed by atoms with Crippen LogP contribution in [0.1, 0.15) is 54.0 Å². The summed E-state index contributed by atoms with van der Waals surface area (Å²) in [6.07, 6.45) is 4.55. The summed E-state index contributed by atoms with van der Waals surface area (Å²) in [5, 5.41) is 4.28. The Balaban J connectivity index is 2.21. The number of hydrogen-bond acceptors (Lipinski definition) is 1. The summed E-state index contributed by atoms with van der Waals surface area (Å²) >= 11 is 6.18. The van der Waals surface area contributed by atoms with Crippen LogP contribution in [0.25, 0.3) is 5.70 Å². The first kappa shape index (κ1) is 18.6. The van der Waals surface area contributed by atoms with Crippen LogP contribution < -0.4 is 5.32 Å². The molecule has 0 saturated heterocycles. The van der Waals surface area contributed by atoms with Gasteiger partial charge in [0.2, 0.25) is 0 Å². The van der Waals surface area contributed by atoms with Gasteiger partial charge in [0.05, 0.1) is 0 Å². The minimum atomic E-state index is 0.793. The fourth-order valence-corrected chi connectivity index (χ4v) is 3.10. The van der Waals surface area contributed by atoms with Crippen LogP contribution in [0.2, 0.25) is 5.02 Å². The Morgan fingerprint density at radius 1 is 1.04 bits per heavy atom. The lowest BCUT2D eigenvalue weighted by atomic mass is 9.94. The van der Waals surface area contributed by atoms with Gasteiger partial charge in [-0.2, -0.15) is 0 Å². The van der Waals surface area contributed by atoms with Crippen LogP contribution in [0.5, 0.6) is 0 Å². The van der Waals surface area contributed by atoms with Crippen molar-refractivity contribution in [2.75, 3.05) is 6.54 Å². The number of halogens is 1. The van der Waals surface area contributed by atoms with Crippen LogP contribution in [0.4, 0.5) is 0 Å².